The molecular weight excluding hydrogens is 216 g/mol. The van der Waals surface area contributed by atoms with Crippen LogP contribution >= 0.6 is 0 Å². The quantitative estimate of drug-likeness (QED) is 0.765. The van der Waals surface area contributed by atoms with Crippen LogP contribution in [0.2, 0.25) is 0 Å². The van der Waals surface area contributed by atoms with Gasteiger partial charge in [0.15, 0.2) is 0 Å². The number of benzene rings is 1. The fraction of sp³-hybridized carbons (Fsp3) is 0.462. The molecule has 17 heavy (non-hydrogen) atoms. The number of hydrogen-bond acceptors (Lipinski definition) is 3. The molecule has 1 rings (SSSR count). The lowest BCUT2D eigenvalue weighted by molar-refractivity contribution is -0.126. The van der Waals surface area contributed by atoms with Crippen LogP contribution < -0.4 is 11.1 Å². The first-order valence-electron chi connectivity index (χ1n) is 5.59. The first kappa shape index (κ1) is 13.5. The number of nitrogens with one attached hydrogen (secondary N) is 1. The molecule has 94 valence electrons. The van der Waals surface area contributed by atoms with Gasteiger partial charge in [0.1, 0.15) is 0 Å². The van der Waals surface area contributed by atoms with E-state index in [0.717, 1.165) is 5.56 Å². The van der Waals surface area contributed by atoms with Crippen LogP contribution in [0.15, 0.2) is 24.3 Å². The zero-order valence-corrected chi connectivity index (χ0v) is 10.6. The minimum Gasteiger partial charge on any atom is -0.399 e. The highest BCUT2D eigenvalue weighted by Crippen LogP contribution is 2.12. The summed E-state index contributed by atoms with van der Waals surface area (Å²) in [6.07, 6.45) is 0.339. The van der Waals surface area contributed by atoms with Crippen molar-refractivity contribution in [2.45, 2.75) is 32.4 Å². The maximum atomic E-state index is 11.7. The number of nitrogen functional groups attached to an aromatic ring is 1. The molecule has 0 unspecified atom stereocenters. The number of carbonyl (C=O) groups is 1. The molecule has 4 nitrogen and oxygen atoms in total. The first-order valence-corrected chi connectivity index (χ1v) is 5.59. The van der Waals surface area contributed by atoms with E-state index in [0.29, 0.717) is 18.7 Å². The molecule has 0 saturated heterocycles. The molecular formula is C13H20N2O2. The minimum atomic E-state index is -0.431. The molecule has 4 heteroatoms. The summed E-state index contributed by atoms with van der Waals surface area (Å²) in [7, 11) is 1.60. The normalized spacial score (nSPS) is 11.2. The number of nitrogens with two attached hydrogens (primary N) is 1. The fourth-order valence-corrected chi connectivity index (χ4v) is 1.43. The van der Waals surface area contributed by atoms with Crippen LogP contribution in [-0.2, 0) is 16.1 Å². The molecule has 0 bridgehead atoms. The fourth-order valence-electron chi connectivity index (χ4n) is 1.43. The van der Waals surface area contributed by atoms with Crippen LogP contribution in [0.5, 0.6) is 0 Å². The lowest BCUT2D eigenvalue weighted by Gasteiger charge is -2.21. The highest BCUT2D eigenvalue weighted by atomic mass is 16.5. The third kappa shape index (κ3) is 4.87. The third-order valence-electron chi connectivity index (χ3n) is 2.58. The standard InChI is InChI=1S/C13H20N2O2/c1-13(2,17-3)8-12(16)15-9-10-5-4-6-11(14)7-10/h4-7H,8-9,14H2,1-3H3,(H,15,16). The summed E-state index contributed by atoms with van der Waals surface area (Å²) < 4.78 is 5.20. The van der Waals surface area contributed by atoms with E-state index >= 15 is 0 Å². The number of anilines is 1. The Bertz CT molecular complexity index is 389. The highest BCUT2D eigenvalue weighted by Gasteiger charge is 2.20. The average Bonchev–Trinajstić information content (AvgIpc) is 2.26. The van der Waals surface area contributed by atoms with Crippen LogP contribution in [0.1, 0.15) is 25.8 Å². The first-order chi connectivity index (χ1) is 7.93. The van der Waals surface area contributed by atoms with E-state index in [9.17, 15) is 4.79 Å². The number of hydrogen-bond donors (Lipinski definition) is 2. The van der Waals surface area contributed by atoms with Gasteiger partial charge in [0, 0.05) is 19.3 Å². The van der Waals surface area contributed by atoms with Crippen molar-refractivity contribution in [2.75, 3.05) is 12.8 Å². The van der Waals surface area contributed by atoms with E-state index in [1.165, 1.54) is 0 Å². The Hall–Kier alpha value is -1.55. The van der Waals surface area contributed by atoms with Crippen molar-refractivity contribution < 1.29 is 9.53 Å². The molecule has 0 saturated carbocycles. The van der Waals surface area contributed by atoms with E-state index in [2.05, 4.69) is 5.32 Å². The number of ether oxygens (including phenoxy) is 1. The second-order valence-electron chi connectivity index (χ2n) is 4.66. The number of carbonyl (C=O) groups excluding carboxylic acids is 1. The van der Waals surface area contributed by atoms with Crippen LogP contribution in [0.4, 0.5) is 5.69 Å². The topological polar surface area (TPSA) is 64.3 Å². The average molecular weight is 236 g/mol. The summed E-state index contributed by atoms with van der Waals surface area (Å²) in [6, 6.07) is 7.47. The minimum absolute atomic E-state index is 0.0284. The van der Waals surface area contributed by atoms with Gasteiger partial charge in [-0.05, 0) is 31.5 Å². The van der Waals surface area contributed by atoms with Crippen molar-refractivity contribution >= 4 is 11.6 Å². The van der Waals surface area contributed by atoms with Gasteiger partial charge in [-0.25, -0.2) is 0 Å². The van der Waals surface area contributed by atoms with Crippen molar-refractivity contribution in [1.82, 2.24) is 5.32 Å². The molecule has 3 N–H and O–H groups in total. The predicted octanol–water partition coefficient (Wildman–Crippen LogP) is 1.70. The van der Waals surface area contributed by atoms with Crippen LogP contribution in [-0.4, -0.2) is 18.6 Å². The highest BCUT2D eigenvalue weighted by molar-refractivity contribution is 5.76. The smallest absolute Gasteiger partial charge is 0.223 e. The van der Waals surface area contributed by atoms with Gasteiger partial charge in [0.05, 0.1) is 12.0 Å². The van der Waals surface area contributed by atoms with E-state index in [-0.39, 0.29) is 5.91 Å². The Balaban J connectivity index is 2.44. The molecule has 0 aromatic heterocycles. The molecule has 0 radical (unpaired) electrons. The molecule has 0 fully saturated rings. The van der Waals surface area contributed by atoms with Gasteiger partial charge in [-0.3, -0.25) is 4.79 Å². The SMILES string of the molecule is COC(C)(C)CC(=O)NCc1cccc(N)c1. The summed E-state index contributed by atoms with van der Waals surface area (Å²) in [6.45, 7) is 4.25. The van der Waals surface area contributed by atoms with Gasteiger partial charge in [-0.2, -0.15) is 0 Å². The van der Waals surface area contributed by atoms with Gasteiger partial charge >= 0.3 is 0 Å². The Morgan fingerprint density at radius 2 is 2.18 bits per heavy atom. The van der Waals surface area contributed by atoms with Gasteiger partial charge < -0.3 is 15.8 Å². The zero-order chi connectivity index (χ0) is 12.9. The molecule has 0 atom stereocenters. The Morgan fingerprint density at radius 1 is 1.47 bits per heavy atom. The van der Waals surface area contributed by atoms with Crippen molar-refractivity contribution in [2.24, 2.45) is 0 Å². The van der Waals surface area contributed by atoms with Crippen molar-refractivity contribution in [1.29, 1.82) is 0 Å². The summed E-state index contributed by atoms with van der Waals surface area (Å²) in [5.41, 5.74) is 6.92. The summed E-state index contributed by atoms with van der Waals surface area (Å²) in [4.78, 5) is 11.7. The van der Waals surface area contributed by atoms with Gasteiger partial charge in [0.25, 0.3) is 0 Å². The van der Waals surface area contributed by atoms with Gasteiger partial charge in [-0.15, -0.1) is 0 Å². The predicted molar refractivity (Wildman–Crippen MR) is 68.4 cm³/mol. The molecule has 1 amide bonds. The Morgan fingerprint density at radius 3 is 2.76 bits per heavy atom. The molecule has 1 aromatic carbocycles. The summed E-state index contributed by atoms with van der Waals surface area (Å²) in [5.74, 6) is -0.0284. The summed E-state index contributed by atoms with van der Waals surface area (Å²) in [5, 5.41) is 2.84. The van der Waals surface area contributed by atoms with E-state index < -0.39 is 5.60 Å². The van der Waals surface area contributed by atoms with E-state index in [1.54, 1.807) is 7.11 Å². The van der Waals surface area contributed by atoms with E-state index in [1.807, 2.05) is 38.1 Å². The number of methoxy groups -OCH3 is 1. The number of amides is 1. The second kappa shape index (κ2) is 5.68. The molecule has 0 aliphatic carbocycles. The maximum absolute atomic E-state index is 11.7. The van der Waals surface area contributed by atoms with Crippen molar-refractivity contribution in [3.05, 3.63) is 29.8 Å². The maximum Gasteiger partial charge on any atom is 0.223 e. The lowest BCUT2D eigenvalue weighted by atomic mass is 10.0. The second-order valence-corrected chi connectivity index (χ2v) is 4.66. The van der Waals surface area contributed by atoms with Crippen molar-refractivity contribution in [3.8, 4) is 0 Å². The van der Waals surface area contributed by atoms with Crippen LogP contribution in [0, 0.1) is 0 Å². The van der Waals surface area contributed by atoms with Gasteiger partial charge in [0.2, 0.25) is 5.91 Å². The van der Waals surface area contributed by atoms with Crippen molar-refractivity contribution in [3.63, 3.8) is 0 Å². The van der Waals surface area contributed by atoms with E-state index in [4.69, 9.17) is 10.5 Å². The summed E-state index contributed by atoms with van der Waals surface area (Å²) >= 11 is 0. The third-order valence-corrected chi connectivity index (χ3v) is 2.58. The molecule has 0 spiro atoms. The molecule has 0 aliphatic rings. The van der Waals surface area contributed by atoms with Crippen LogP contribution in [0.3, 0.4) is 0 Å². The lowest BCUT2D eigenvalue weighted by Crippen LogP contribution is -2.33. The monoisotopic (exact) mass is 236 g/mol. The Kier molecular flexibility index (Phi) is 4.52. The van der Waals surface area contributed by atoms with Gasteiger partial charge in [-0.1, -0.05) is 12.1 Å². The molecule has 1 aromatic rings. The zero-order valence-electron chi connectivity index (χ0n) is 10.6. The molecule has 0 heterocycles. The van der Waals surface area contributed by atoms with Crippen LogP contribution in [0.25, 0.3) is 0 Å². The Labute approximate surface area is 102 Å². The number of rotatable bonds is 5. The largest absolute Gasteiger partial charge is 0.399 e. The molecule has 0 aliphatic heterocycles.